The molecule has 0 amide bonds. The highest BCUT2D eigenvalue weighted by Gasteiger charge is 2.24. The number of halogens is 1. The minimum Gasteiger partial charge on any atom is -0.464 e. The average Bonchev–Trinajstić information content (AvgIpc) is 2.72. The Morgan fingerprint density at radius 3 is 2.78 bits per heavy atom. The molecule has 1 aliphatic heterocycles. The molecule has 0 radical (unpaired) electrons. The van der Waals surface area contributed by atoms with Crippen LogP contribution in [0.3, 0.4) is 0 Å². The number of hydrogen-bond donors (Lipinski definition) is 0. The molecule has 0 saturated heterocycles. The van der Waals surface area contributed by atoms with Crippen molar-refractivity contribution in [3.63, 3.8) is 0 Å². The van der Waals surface area contributed by atoms with E-state index in [-0.39, 0.29) is 5.41 Å². The van der Waals surface area contributed by atoms with Crippen molar-refractivity contribution in [2.24, 2.45) is 0 Å². The molecular formula is C15H18INO. The van der Waals surface area contributed by atoms with Gasteiger partial charge in [0.1, 0.15) is 5.58 Å². The number of fused-ring (bicyclic) bond motifs is 3. The van der Waals surface area contributed by atoms with Crippen molar-refractivity contribution < 1.29 is 4.42 Å². The van der Waals surface area contributed by atoms with Crippen molar-refractivity contribution in [1.82, 2.24) is 3.11 Å². The molecule has 18 heavy (non-hydrogen) atoms. The lowest BCUT2D eigenvalue weighted by molar-refractivity contribution is 0.475. The van der Waals surface area contributed by atoms with Crippen LogP contribution < -0.4 is 0 Å². The quantitative estimate of drug-likeness (QED) is 0.513. The first-order valence-corrected chi connectivity index (χ1v) is 7.36. The topological polar surface area (TPSA) is 16.4 Å². The fourth-order valence-corrected chi connectivity index (χ4v) is 3.26. The third kappa shape index (κ3) is 1.97. The standard InChI is InChI=1S/C15H18INO/c1-15(2,3)13-9-18-14-11(13)5-4-10-6-7-17(16)8-12(10)14/h4-5,9H,6-8H2,1-3H3. The van der Waals surface area contributed by atoms with E-state index in [9.17, 15) is 0 Å². The summed E-state index contributed by atoms with van der Waals surface area (Å²) in [5, 5.41) is 1.29. The first-order valence-electron chi connectivity index (χ1n) is 6.40. The highest BCUT2D eigenvalue weighted by Crippen LogP contribution is 2.36. The smallest absolute Gasteiger partial charge is 0.138 e. The van der Waals surface area contributed by atoms with E-state index >= 15 is 0 Å². The molecule has 2 heterocycles. The lowest BCUT2D eigenvalue weighted by Gasteiger charge is -2.23. The highest BCUT2D eigenvalue weighted by molar-refractivity contribution is 14.1. The molecule has 0 unspecified atom stereocenters. The van der Waals surface area contributed by atoms with Crippen LogP contribution in [0.15, 0.2) is 22.8 Å². The van der Waals surface area contributed by atoms with E-state index in [4.69, 9.17) is 4.42 Å². The molecule has 1 aromatic heterocycles. The number of benzene rings is 1. The van der Waals surface area contributed by atoms with Gasteiger partial charge >= 0.3 is 0 Å². The molecule has 96 valence electrons. The Balaban J connectivity index is 2.22. The van der Waals surface area contributed by atoms with Crippen LogP contribution in [0.25, 0.3) is 11.0 Å². The summed E-state index contributed by atoms with van der Waals surface area (Å²) in [7, 11) is 0. The van der Waals surface area contributed by atoms with Crippen LogP contribution in [0.5, 0.6) is 0 Å². The molecule has 1 aromatic carbocycles. The van der Waals surface area contributed by atoms with E-state index in [0.717, 1.165) is 25.1 Å². The van der Waals surface area contributed by atoms with Crippen LogP contribution in [0.4, 0.5) is 0 Å². The van der Waals surface area contributed by atoms with Crippen LogP contribution in [0.2, 0.25) is 0 Å². The van der Waals surface area contributed by atoms with Crippen LogP contribution in [-0.2, 0) is 18.4 Å². The third-order valence-corrected chi connectivity index (χ3v) is 4.53. The molecule has 0 atom stereocenters. The van der Waals surface area contributed by atoms with E-state index < -0.39 is 0 Å². The molecule has 3 rings (SSSR count). The fourth-order valence-electron chi connectivity index (χ4n) is 2.68. The van der Waals surface area contributed by atoms with Gasteiger partial charge in [-0.3, -0.25) is 0 Å². The first-order chi connectivity index (χ1) is 8.47. The molecular weight excluding hydrogens is 337 g/mol. The van der Waals surface area contributed by atoms with Crippen LogP contribution in [-0.4, -0.2) is 9.66 Å². The van der Waals surface area contributed by atoms with Crippen molar-refractivity contribution >= 4 is 33.8 Å². The number of nitrogens with zero attached hydrogens (tertiary/aromatic N) is 1. The fraction of sp³-hybridized carbons (Fsp3) is 0.467. The van der Waals surface area contributed by atoms with Gasteiger partial charge in [-0.1, -0.05) is 32.9 Å². The van der Waals surface area contributed by atoms with Gasteiger partial charge in [-0.15, -0.1) is 0 Å². The van der Waals surface area contributed by atoms with E-state index in [0.29, 0.717) is 0 Å². The molecule has 0 spiro atoms. The highest BCUT2D eigenvalue weighted by atomic mass is 127. The zero-order chi connectivity index (χ0) is 12.9. The average molecular weight is 355 g/mol. The van der Waals surface area contributed by atoms with E-state index in [1.54, 1.807) is 0 Å². The normalized spacial score (nSPS) is 17.1. The van der Waals surface area contributed by atoms with Gasteiger partial charge in [0.2, 0.25) is 0 Å². The van der Waals surface area contributed by atoms with E-state index in [1.165, 1.54) is 22.1 Å². The van der Waals surface area contributed by atoms with Crippen molar-refractivity contribution in [1.29, 1.82) is 0 Å². The van der Waals surface area contributed by atoms with Crippen LogP contribution in [0.1, 0.15) is 37.5 Å². The second-order valence-corrected chi connectivity index (χ2v) is 7.44. The Morgan fingerprint density at radius 2 is 2.06 bits per heavy atom. The predicted molar refractivity (Wildman–Crippen MR) is 83.0 cm³/mol. The maximum Gasteiger partial charge on any atom is 0.138 e. The molecule has 1 aliphatic rings. The summed E-state index contributed by atoms with van der Waals surface area (Å²) in [4.78, 5) is 0. The van der Waals surface area contributed by atoms with Crippen molar-refractivity contribution in [2.45, 2.75) is 39.2 Å². The number of hydrogen-bond acceptors (Lipinski definition) is 2. The lowest BCUT2D eigenvalue weighted by Crippen LogP contribution is -2.21. The molecule has 0 aliphatic carbocycles. The van der Waals surface area contributed by atoms with Crippen molar-refractivity contribution in [2.75, 3.05) is 6.54 Å². The minimum absolute atomic E-state index is 0.137. The maximum absolute atomic E-state index is 5.89. The molecule has 0 fully saturated rings. The molecule has 3 heteroatoms. The van der Waals surface area contributed by atoms with Gasteiger partial charge in [-0.05, 0) is 17.4 Å². The monoisotopic (exact) mass is 355 g/mol. The molecule has 0 N–H and O–H groups in total. The Kier molecular flexibility index (Phi) is 2.94. The predicted octanol–water partition coefficient (Wildman–Crippen LogP) is 4.44. The largest absolute Gasteiger partial charge is 0.464 e. The van der Waals surface area contributed by atoms with Crippen LogP contribution in [0, 0.1) is 0 Å². The molecule has 0 bridgehead atoms. The van der Waals surface area contributed by atoms with Crippen molar-refractivity contribution in [3.05, 3.63) is 35.1 Å². The zero-order valence-electron chi connectivity index (χ0n) is 11.1. The van der Waals surface area contributed by atoms with Crippen LogP contribution >= 0.6 is 22.9 Å². The van der Waals surface area contributed by atoms with E-state index in [1.807, 2.05) is 6.26 Å². The maximum atomic E-state index is 5.89. The van der Waals surface area contributed by atoms with Crippen molar-refractivity contribution in [3.8, 4) is 0 Å². The molecule has 0 saturated carbocycles. The summed E-state index contributed by atoms with van der Waals surface area (Å²) in [5.41, 5.74) is 5.37. The minimum atomic E-state index is 0.137. The summed E-state index contributed by atoms with van der Waals surface area (Å²) >= 11 is 2.40. The SMILES string of the molecule is CC(C)(C)c1coc2c3c(ccc12)CCN(I)C3. The Bertz CT molecular complexity index is 594. The summed E-state index contributed by atoms with van der Waals surface area (Å²) in [6, 6.07) is 4.52. The lowest BCUT2D eigenvalue weighted by atomic mass is 9.86. The van der Waals surface area contributed by atoms with Gasteiger partial charge in [-0.25, -0.2) is 3.11 Å². The third-order valence-electron chi connectivity index (χ3n) is 3.70. The Morgan fingerprint density at radius 1 is 1.28 bits per heavy atom. The van der Waals surface area contributed by atoms with Gasteiger partial charge in [-0.2, -0.15) is 0 Å². The Labute approximate surface area is 122 Å². The van der Waals surface area contributed by atoms with Gasteiger partial charge < -0.3 is 4.42 Å². The Hall–Kier alpha value is -0.550. The first kappa shape index (κ1) is 12.5. The van der Waals surface area contributed by atoms with Gasteiger partial charge in [0.25, 0.3) is 0 Å². The van der Waals surface area contributed by atoms with E-state index in [2.05, 4.69) is 58.9 Å². The summed E-state index contributed by atoms with van der Waals surface area (Å²) < 4.78 is 8.22. The second kappa shape index (κ2) is 4.23. The molecule has 2 aromatic rings. The zero-order valence-corrected chi connectivity index (χ0v) is 13.2. The molecule has 2 nitrogen and oxygen atoms in total. The second-order valence-electron chi connectivity index (χ2n) is 6.07. The van der Waals surface area contributed by atoms with Gasteiger partial charge in [0.05, 0.1) is 6.26 Å². The summed E-state index contributed by atoms with van der Waals surface area (Å²) in [6.07, 6.45) is 3.07. The summed E-state index contributed by atoms with van der Waals surface area (Å²) in [6.45, 7) is 8.83. The van der Waals surface area contributed by atoms with Gasteiger partial charge in [0.15, 0.2) is 0 Å². The number of rotatable bonds is 0. The number of furan rings is 1. The van der Waals surface area contributed by atoms with Gasteiger partial charge in [0, 0.05) is 52.5 Å². The summed E-state index contributed by atoms with van der Waals surface area (Å²) in [5.74, 6) is 0.